The van der Waals surface area contributed by atoms with Gasteiger partial charge in [-0.15, -0.1) is 0 Å². The predicted octanol–water partition coefficient (Wildman–Crippen LogP) is 4.37. The molecule has 0 atom stereocenters. The molecule has 2 aliphatic carbocycles. The zero-order chi connectivity index (χ0) is 26.4. The number of rotatable bonds is 6. The second-order valence-corrected chi connectivity index (χ2v) is 11.0. The van der Waals surface area contributed by atoms with Gasteiger partial charge in [0.1, 0.15) is 28.9 Å². The third-order valence-electron chi connectivity index (χ3n) is 8.64. The van der Waals surface area contributed by atoms with Gasteiger partial charge in [-0.25, -0.2) is 4.98 Å². The number of ether oxygens (including phenoxy) is 1. The van der Waals surface area contributed by atoms with Crippen molar-refractivity contribution in [3.63, 3.8) is 0 Å². The highest BCUT2D eigenvalue weighted by atomic mass is 16.5. The second kappa shape index (κ2) is 9.78. The zero-order valence-electron chi connectivity index (χ0n) is 22.0. The summed E-state index contributed by atoms with van der Waals surface area (Å²) >= 11 is 0. The first-order chi connectivity index (χ1) is 18.5. The van der Waals surface area contributed by atoms with Crippen LogP contribution < -0.4 is 15.4 Å². The van der Waals surface area contributed by atoms with Crippen LogP contribution in [-0.2, 0) is 25.0 Å². The van der Waals surface area contributed by atoms with Crippen molar-refractivity contribution in [2.45, 2.75) is 63.8 Å². The fourth-order valence-corrected chi connectivity index (χ4v) is 6.22. The maximum absolute atomic E-state index is 13.1. The molecule has 2 aromatic heterocycles. The van der Waals surface area contributed by atoms with E-state index in [4.69, 9.17) is 4.74 Å². The van der Waals surface area contributed by atoms with Crippen molar-refractivity contribution in [2.75, 3.05) is 23.4 Å². The van der Waals surface area contributed by atoms with Crippen molar-refractivity contribution in [3.05, 3.63) is 63.1 Å². The molecule has 38 heavy (non-hydrogen) atoms. The lowest BCUT2D eigenvalue weighted by Gasteiger charge is -2.42. The first kappa shape index (κ1) is 24.5. The summed E-state index contributed by atoms with van der Waals surface area (Å²) in [6.45, 7) is 2.51. The average molecular weight is 509 g/mol. The Labute approximate surface area is 222 Å². The summed E-state index contributed by atoms with van der Waals surface area (Å²) in [5.41, 5.74) is 5.63. The zero-order valence-corrected chi connectivity index (χ0v) is 22.0. The first-order valence-electron chi connectivity index (χ1n) is 13.5. The molecule has 0 saturated heterocycles. The minimum atomic E-state index is -0.335. The standard InChI is InChI=1S/C30H32N6O2/c1-34(29-26(15-32)30(37)35(2)27-12-6-22(14-31)33-28(27)29)23-8-10-24(11-9-23)36(16-19-3-4-19)25-7-5-20-17-38-18-21(20)13-25/h5-7,12-13,19,23-24H,3-4,8-11,16-18H2,1-2H3. The van der Waals surface area contributed by atoms with Gasteiger partial charge in [-0.3, -0.25) is 4.79 Å². The maximum Gasteiger partial charge on any atom is 0.270 e. The Morgan fingerprint density at radius 3 is 2.45 bits per heavy atom. The number of hydrogen-bond acceptors (Lipinski definition) is 7. The van der Waals surface area contributed by atoms with Gasteiger partial charge in [-0.2, -0.15) is 10.5 Å². The van der Waals surface area contributed by atoms with Gasteiger partial charge in [-0.1, -0.05) is 6.07 Å². The number of nitrogens with zero attached hydrogens (tertiary/aromatic N) is 6. The van der Waals surface area contributed by atoms with Gasteiger partial charge in [-0.05, 0) is 79.8 Å². The van der Waals surface area contributed by atoms with Crippen molar-refractivity contribution in [1.29, 1.82) is 10.5 Å². The highest BCUT2D eigenvalue weighted by Gasteiger charge is 2.34. The second-order valence-electron chi connectivity index (χ2n) is 11.0. The Morgan fingerprint density at radius 1 is 1.00 bits per heavy atom. The largest absolute Gasteiger partial charge is 0.372 e. The van der Waals surface area contributed by atoms with Gasteiger partial charge in [0, 0.05) is 38.4 Å². The number of aromatic nitrogens is 2. The first-order valence-corrected chi connectivity index (χ1v) is 13.5. The molecule has 0 unspecified atom stereocenters. The quantitative estimate of drug-likeness (QED) is 0.488. The number of nitriles is 2. The Bertz CT molecular complexity index is 1540. The molecule has 194 valence electrons. The molecule has 2 fully saturated rings. The van der Waals surface area contributed by atoms with Gasteiger partial charge >= 0.3 is 0 Å². The van der Waals surface area contributed by atoms with Crippen molar-refractivity contribution >= 4 is 22.4 Å². The van der Waals surface area contributed by atoms with Crippen molar-refractivity contribution in [2.24, 2.45) is 13.0 Å². The van der Waals surface area contributed by atoms with Gasteiger partial charge < -0.3 is 19.1 Å². The fraction of sp³-hybridized carbons (Fsp3) is 0.467. The summed E-state index contributed by atoms with van der Waals surface area (Å²) in [5.74, 6) is 0.783. The smallest absolute Gasteiger partial charge is 0.270 e. The SMILES string of the molecule is CN(c1c(C#N)c(=O)n(C)c2ccc(C#N)nc12)C1CCC(N(CC2CC2)c2ccc3c(c2)COC3)CC1. The molecule has 1 aromatic carbocycles. The van der Waals surface area contributed by atoms with E-state index in [1.54, 1.807) is 19.2 Å². The molecule has 0 spiro atoms. The lowest BCUT2D eigenvalue weighted by Crippen LogP contribution is -2.44. The summed E-state index contributed by atoms with van der Waals surface area (Å²) in [6.07, 6.45) is 6.61. The number of anilines is 2. The number of hydrogen-bond donors (Lipinski definition) is 0. The minimum Gasteiger partial charge on any atom is -0.372 e. The van der Waals surface area contributed by atoms with Crippen LogP contribution >= 0.6 is 0 Å². The summed E-state index contributed by atoms with van der Waals surface area (Å²) in [7, 11) is 3.61. The van der Waals surface area contributed by atoms with E-state index in [9.17, 15) is 15.3 Å². The number of aryl methyl sites for hydroxylation is 1. The molecule has 3 aliphatic rings. The molecule has 3 heterocycles. The number of pyridine rings is 2. The molecule has 0 N–H and O–H groups in total. The highest BCUT2D eigenvalue weighted by molar-refractivity contribution is 5.92. The predicted molar refractivity (Wildman–Crippen MR) is 146 cm³/mol. The molecule has 2 saturated carbocycles. The monoisotopic (exact) mass is 508 g/mol. The highest BCUT2D eigenvalue weighted by Crippen LogP contribution is 2.38. The van der Waals surface area contributed by atoms with Gasteiger partial charge in [0.2, 0.25) is 0 Å². The van der Waals surface area contributed by atoms with Crippen LogP contribution in [0.1, 0.15) is 60.9 Å². The van der Waals surface area contributed by atoms with Gasteiger partial charge in [0.05, 0.1) is 24.4 Å². The van der Waals surface area contributed by atoms with Crippen LogP contribution in [0, 0.1) is 28.6 Å². The normalized spacial score (nSPS) is 20.5. The van der Waals surface area contributed by atoms with Crippen LogP contribution in [0.15, 0.2) is 35.1 Å². The molecule has 8 nitrogen and oxygen atoms in total. The van der Waals surface area contributed by atoms with E-state index in [-0.39, 0.29) is 22.9 Å². The third-order valence-corrected chi connectivity index (χ3v) is 8.64. The summed E-state index contributed by atoms with van der Waals surface area (Å²) in [4.78, 5) is 22.3. The summed E-state index contributed by atoms with van der Waals surface area (Å²) in [6, 6.07) is 15.0. The maximum atomic E-state index is 13.1. The minimum absolute atomic E-state index is 0.0860. The Morgan fingerprint density at radius 2 is 1.74 bits per heavy atom. The molecule has 0 radical (unpaired) electrons. The van der Waals surface area contributed by atoms with Crippen molar-refractivity contribution < 1.29 is 4.74 Å². The van der Waals surface area contributed by atoms with Gasteiger partial charge in [0.15, 0.2) is 0 Å². The number of fused-ring (bicyclic) bond motifs is 2. The van der Waals surface area contributed by atoms with E-state index >= 15 is 0 Å². The number of benzene rings is 1. The van der Waals surface area contributed by atoms with Crippen LogP contribution in [0.3, 0.4) is 0 Å². The van der Waals surface area contributed by atoms with Crippen molar-refractivity contribution in [1.82, 2.24) is 9.55 Å². The van der Waals surface area contributed by atoms with Crippen LogP contribution in [-0.4, -0.2) is 35.2 Å². The van der Waals surface area contributed by atoms with E-state index in [0.717, 1.165) is 38.1 Å². The van der Waals surface area contributed by atoms with Crippen LogP contribution in [0.25, 0.3) is 11.0 Å². The molecular formula is C30H32N6O2. The average Bonchev–Trinajstić information content (AvgIpc) is 3.66. The van der Waals surface area contributed by atoms with E-state index in [2.05, 4.69) is 45.1 Å². The third kappa shape index (κ3) is 4.29. The topological polar surface area (TPSA) is 98.2 Å². The molecule has 6 rings (SSSR count). The molecule has 8 heteroatoms. The van der Waals surface area contributed by atoms with Crippen LogP contribution in [0.5, 0.6) is 0 Å². The Balaban J connectivity index is 1.27. The molecule has 3 aromatic rings. The Hall–Kier alpha value is -3.88. The van der Waals surface area contributed by atoms with E-state index in [1.165, 1.54) is 34.2 Å². The molecular weight excluding hydrogens is 476 g/mol. The molecule has 1 aliphatic heterocycles. The van der Waals surface area contributed by atoms with Gasteiger partial charge in [0.25, 0.3) is 5.56 Å². The van der Waals surface area contributed by atoms with Crippen LogP contribution in [0.2, 0.25) is 0 Å². The lowest BCUT2D eigenvalue weighted by molar-refractivity contribution is 0.134. The van der Waals surface area contributed by atoms with E-state index < -0.39 is 0 Å². The lowest BCUT2D eigenvalue weighted by atomic mass is 9.88. The van der Waals surface area contributed by atoms with Crippen LogP contribution in [0.4, 0.5) is 11.4 Å². The van der Waals surface area contributed by atoms with E-state index in [0.29, 0.717) is 36.0 Å². The Kier molecular flexibility index (Phi) is 6.29. The molecule has 0 amide bonds. The summed E-state index contributed by atoms with van der Waals surface area (Å²) < 4.78 is 7.11. The fourth-order valence-electron chi connectivity index (χ4n) is 6.22. The summed E-state index contributed by atoms with van der Waals surface area (Å²) in [5, 5.41) is 19.4. The van der Waals surface area contributed by atoms with Crippen molar-refractivity contribution in [3.8, 4) is 12.1 Å². The molecule has 0 bridgehead atoms. The van der Waals surface area contributed by atoms with E-state index in [1.807, 2.05) is 7.05 Å².